The second kappa shape index (κ2) is 12.9. The SMILES string of the molecule is c1ccc(-c2cc(-c3ccccc3)cc(-c3nc(-n4c5ccc(-n6c7ccccc7c7ccccc76)cc5c5cc6ccccc6cc54)nc4ccccc34)c2)cc1. The van der Waals surface area contributed by atoms with Crippen molar-refractivity contribution in [3.05, 3.63) is 206 Å². The highest BCUT2D eigenvalue weighted by atomic mass is 15.2. The van der Waals surface area contributed by atoms with Crippen molar-refractivity contribution in [1.29, 1.82) is 0 Å². The average Bonchev–Trinajstić information content (AvgIpc) is 3.80. The number of hydrogen-bond acceptors (Lipinski definition) is 2. The minimum atomic E-state index is 0.639. The van der Waals surface area contributed by atoms with Crippen molar-refractivity contribution in [3.63, 3.8) is 0 Å². The molecule has 4 nitrogen and oxygen atoms in total. The first-order valence-corrected chi connectivity index (χ1v) is 19.7. The van der Waals surface area contributed by atoms with Crippen molar-refractivity contribution >= 4 is 65.3 Å². The summed E-state index contributed by atoms with van der Waals surface area (Å²) in [5.41, 5.74) is 13.0. The molecule has 0 fully saturated rings. The maximum Gasteiger partial charge on any atom is 0.235 e. The van der Waals surface area contributed by atoms with Crippen LogP contribution in [0.5, 0.6) is 0 Å². The van der Waals surface area contributed by atoms with Gasteiger partial charge in [-0.2, -0.15) is 0 Å². The van der Waals surface area contributed by atoms with Gasteiger partial charge in [-0.15, -0.1) is 0 Å². The van der Waals surface area contributed by atoms with Crippen LogP contribution < -0.4 is 0 Å². The smallest absolute Gasteiger partial charge is 0.235 e. The van der Waals surface area contributed by atoms with Crippen LogP contribution in [-0.4, -0.2) is 19.1 Å². The number of benzene rings is 9. The van der Waals surface area contributed by atoms with Crippen molar-refractivity contribution < 1.29 is 0 Å². The van der Waals surface area contributed by atoms with Crippen LogP contribution in [0.3, 0.4) is 0 Å². The van der Waals surface area contributed by atoms with E-state index in [1.54, 1.807) is 0 Å². The standard InChI is InChI=1S/C54H34N4/c1-3-15-35(16-4-1)39-29-40(36-17-5-2-6-18-36)31-41(30-39)53-45-23-9-12-24-48(45)55-54(56-53)58-51-28-27-42(34-47(51)46-32-37-19-7-8-20-38(37)33-52(46)58)57-49-25-13-10-21-43(49)44-22-11-14-26-50(44)57/h1-34H. The van der Waals surface area contributed by atoms with Gasteiger partial charge in [-0.05, 0) is 99.8 Å². The summed E-state index contributed by atoms with van der Waals surface area (Å²) in [6, 6.07) is 73.9. The summed E-state index contributed by atoms with van der Waals surface area (Å²) in [6.45, 7) is 0. The molecule has 4 heteroatoms. The molecule has 0 unspecified atom stereocenters. The van der Waals surface area contributed by atoms with Crippen LogP contribution in [0, 0.1) is 0 Å². The van der Waals surface area contributed by atoms with E-state index < -0.39 is 0 Å². The van der Waals surface area contributed by atoms with Crippen LogP contribution in [0.2, 0.25) is 0 Å². The van der Waals surface area contributed by atoms with Crippen molar-refractivity contribution in [2.75, 3.05) is 0 Å². The van der Waals surface area contributed by atoms with E-state index >= 15 is 0 Å². The lowest BCUT2D eigenvalue weighted by atomic mass is 9.94. The van der Waals surface area contributed by atoms with Crippen LogP contribution in [0.15, 0.2) is 206 Å². The first kappa shape index (κ1) is 32.4. The molecule has 0 aliphatic heterocycles. The number of rotatable bonds is 5. The predicted octanol–water partition coefficient (Wildman–Crippen LogP) is 14.0. The zero-order chi connectivity index (χ0) is 38.2. The fourth-order valence-corrected chi connectivity index (χ4v) is 8.99. The highest BCUT2D eigenvalue weighted by Crippen LogP contribution is 2.40. The van der Waals surface area contributed by atoms with Crippen LogP contribution >= 0.6 is 0 Å². The Bertz CT molecular complexity index is 3450. The Balaban J connectivity index is 1.14. The Morgan fingerprint density at radius 2 is 0.810 bits per heavy atom. The molecule has 12 rings (SSSR count). The van der Waals surface area contributed by atoms with E-state index in [4.69, 9.17) is 9.97 Å². The highest BCUT2D eigenvalue weighted by molar-refractivity contribution is 6.15. The maximum atomic E-state index is 5.56. The van der Waals surface area contributed by atoms with Gasteiger partial charge in [0.2, 0.25) is 5.95 Å². The molecule has 0 amide bonds. The van der Waals surface area contributed by atoms with Gasteiger partial charge in [-0.1, -0.05) is 140 Å². The molecule has 3 heterocycles. The monoisotopic (exact) mass is 738 g/mol. The van der Waals surface area contributed by atoms with E-state index in [1.165, 1.54) is 32.6 Å². The lowest BCUT2D eigenvalue weighted by Gasteiger charge is -2.15. The molecule has 0 aliphatic rings. The number of para-hydroxylation sites is 3. The van der Waals surface area contributed by atoms with Gasteiger partial charge in [0.1, 0.15) is 0 Å². The molecule has 270 valence electrons. The molecular formula is C54H34N4. The van der Waals surface area contributed by atoms with Crippen LogP contribution in [-0.2, 0) is 0 Å². The predicted molar refractivity (Wildman–Crippen MR) is 242 cm³/mol. The van der Waals surface area contributed by atoms with Gasteiger partial charge in [0.05, 0.1) is 33.3 Å². The zero-order valence-corrected chi connectivity index (χ0v) is 31.4. The normalized spacial score (nSPS) is 11.8. The first-order chi connectivity index (χ1) is 28.7. The molecule has 0 aliphatic carbocycles. The van der Waals surface area contributed by atoms with Crippen LogP contribution in [0.4, 0.5) is 0 Å². The fraction of sp³-hybridized carbons (Fsp3) is 0. The lowest BCUT2D eigenvalue weighted by Crippen LogP contribution is -2.04. The number of hydrogen-bond donors (Lipinski definition) is 0. The number of fused-ring (bicyclic) bond motifs is 8. The molecule has 9 aromatic carbocycles. The summed E-state index contributed by atoms with van der Waals surface area (Å²) >= 11 is 0. The Labute approximate surface area is 334 Å². The summed E-state index contributed by atoms with van der Waals surface area (Å²) in [6.07, 6.45) is 0. The molecular weight excluding hydrogens is 705 g/mol. The van der Waals surface area contributed by atoms with Crippen LogP contribution in [0.25, 0.3) is 110 Å². The second-order valence-electron chi connectivity index (χ2n) is 15.0. The third-order valence-electron chi connectivity index (χ3n) is 11.7. The molecule has 12 aromatic rings. The van der Waals surface area contributed by atoms with Gasteiger partial charge in [-0.25, -0.2) is 9.97 Å². The first-order valence-electron chi connectivity index (χ1n) is 19.7. The maximum absolute atomic E-state index is 5.56. The van der Waals surface area contributed by atoms with E-state index in [1.807, 2.05) is 0 Å². The van der Waals surface area contributed by atoms with E-state index in [2.05, 4.69) is 215 Å². The van der Waals surface area contributed by atoms with Gasteiger partial charge in [0, 0.05) is 38.2 Å². The number of aromatic nitrogens is 4. The molecule has 58 heavy (non-hydrogen) atoms. The minimum Gasteiger partial charge on any atom is -0.309 e. The molecule has 3 aromatic heterocycles. The topological polar surface area (TPSA) is 35.6 Å². The number of nitrogens with zero attached hydrogens (tertiary/aromatic N) is 4. The van der Waals surface area contributed by atoms with E-state index in [0.717, 1.165) is 71.9 Å². The Morgan fingerprint density at radius 1 is 0.293 bits per heavy atom. The summed E-state index contributed by atoms with van der Waals surface area (Å²) in [5, 5.41) is 8.18. The lowest BCUT2D eigenvalue weighted by molar-refractivity contribution is 1.01. The van der Waals surface area contributed by atoms with Gasteiger partial charge in [-0.3, -0.25) is 4.57 Å². The van der Waals surface area contributed by atoms with Crippen LogP contribution in [0.1, 0.15) is 0 Å². The fourth-order valence-electron chi connectivity index (χ4n) is 8.99. The van der Waals surface area contributed by atoms with Crippen molar-refractivity contribution in [1.82, 2.24) is 19.1 Å². The third kappa shape index (κ3) is 5.09. The summed E-state index contributed by atoms with van der Waals surface area (Å²) in [7, 11) is 0. The van der Waals surface area contributed by atoms with Gasteiger partial charge in [0.25, 0.3) is 0 Å². The van der Waals surface area contributed by atoms with Gasteiger partial charge >= 0.3 is 0 Å². The molecule has 0 N–H and O–H groups in total. The van der Waals surface area contributed by atoms with Crippen molar-refractivity contribution in [3.8, 4) is 45.1 Å². The summed E-state index contributed by atoms with van der Waals surface area (Å²) in [4.78, 5) is 10.9. The average molecular weight is 739 g/mol. The molecule has 0 saturated carbocycles. The molecule has 0 spiro atoms. The Hall–Kier alpha value is -7.82. The third-order valence-corrected chi connectivity index (χ3v) is 11.7. The quantitative estimate of drug-likeness (QED) is 0.176. The molecule has 0 saturated heterocycles. The zero-order valence-electron chi connectivity index (χ0n) is 31.4. The second-order valence-corrected chi connectivity index (χ2v) is 15.0. The Morgan fingerprint density at radius 3 is 1.48 bits per heavy atom. The molecule has 0 radical (unpaired) electrons. The van der Waals surface area contributed by atoms with Crippen molar-refractivity contribution in [2.45, 2.75) is 0 Å². The largest absolute Gasteiger partial charge is 0.309 e. The minimum absolute atomic E-state index is 0.639. The Kier molecular flexibility index (Phi) is 7.20. The van der Waals surface area contributed by atoms with Gasteiger partial charge in [0.15, 0.2) is 0 Å². The molecule has 0 bridgehead atoms. The summed E-state index contributed by atoms with van der Waals surface area (Å²) in [5.74, 6) is 0.639. The van der Waals surface area contributed by atoms with E-state index in [-0.39, 0.29) is 0 Å². The summed E-state index contributed by atoms with van der Waals surface area (Å²) < 4.78 is 4.66. The van der Waals surface area contributed by atoms with E-state index in [9.17, 15) is 0 Å². The van der Waals surface area contributed by atoms with Gasteiger partial charge < -0.3 is 4.57 Å². The highest BCUT2D eigenvalue weighted by Gasteiger charge is 2.21. The van der Waals surface area contributed by atoms with E-state index in [0.29, 0.717) is 5.95 Å². The molecule has 0 atom stereocenters. The van der Waals surface area contributed by atoms with Crippen molar-refractivity contribution in [2.24, 2.45) is 0 Å².